The first-order valence-corrected chi connectivity index (χ1v) is 7.63. The third-order valence-corrected chi connectivity index (χ3v) is 3.73. The predicted octanol–water partition coefficient (Wildman–Crippen LogP) is 5.26. The number of benzene rings is 2. The normalized spacial score (nSPS) is 14.1. The minimum Gasteiger partial charge on any atom is -0.303 e. The smallest absolute Gasteiger partial charge is 0.127 e. The van der Waals surface area contributed by atoms with Crippen LogP contribution >= 0.6 is 0 Å². The van der Waals surface area contributed by atoms with Gasteiger partial charge in [-0.05, 0) is 30.9 Å². The molecule has 0 saturated carbocycles. The van der Waals surface area contributed by atoms with Crippen LogP contribution in [0, 0.1) is 11.7 Å². The molecule has 0 fully saturated rings. The van der Waals surface area contributed by atoms with Gasteiger partial charge in [-0.3, -0.25) is 0 Å². The molecule has 0 aliphatic heterocycles. The Bertz CT molecular complexity index is 551. The summed E-state index contributed by atoms with van der Waals surface area (Å²) in [6.07, 6.45) is 1.03. The minimum atomic E-state index is -0.145. The highest BCUT2D eigenvalue weighted by atomic mass is 19.1. The minimum absolute atomic E-state index is 0.0184. The van der Waals surface area contributed by atoms with Crippen molar-refractivity contribution in [1.82, 2.24) is 5.32 Å². The van der Waals surface area contributed by atoms with Crippen LogP contribution in [0.4, 0.5) is 4.39 Å². The van der Waals surface area contributed by atoms with Crippen molar-refractivity contribution >= 4 is 0 Å². The first kappa shape index (κ1) is 15.7. The Morgan fingerprint density at radius 1 is 0.905 bits per heavy atom. The third kappa shape index (κ3) is 4.40. The maximum absolute atomic E-state index is 13.9. The maximum Gasteiger partial charge on any atom is 0.127 e. The molecule has 2 aromatic rings. The van der Waals surface area contributed by atoms with E-state index in [0.717, 1.165) is 12.0 Å². The number of hydrogen-bond acceptors (Lipinski definition) is 1. The van der Waals surface area contributed by atoms with E-state index in [-0.39, 0.29) is 17.9 Å². The molecule has 0 bridgehead atoms. The fourth-order valence-corrected chi connectivity index (χ4v) is 2.67. The zero-order valence-corrected chi connectivity index (χ0v) is 13.0. The first-order chi connectivity index (χ1) is 10.1. The predicted molar refractivity (Wildman–Crippen MR) is 86.6 cm³/mol. The lowest BCUT2D eigenvalue weighted by molar-refractivity contribution is 0.388. The summed E-state index contributed by atoms with van der Waals surface area (Å²) in [5.41, 5.74) is 1.98. The SMILES string of the molecule is CC(C)CC(NC(C)c1ccccc1F)c1ccccc1. The summed E-state index contributed by atoms with van der Waals surface area (Å²) in [5, 5.41) is 3.58. The van der Waals surface area contributed by atoms with Crippen LogP contribution in [0.15, 0.2) is 54.6 Å². The fourth-order valence-electron chi connectivity index (χ4n) is 2.67. The van der Waals surface area contributed by atoms with Gasteiger partial charge in [0.05, 0.1) is 0 Å². The molecule has 0 saturated heterocycles. The largest absolute Gasteiger partial charge is 0.303 e. The second kappa shape index (κ2) is 7.37. The van der Waals surface area contributed by atoms with Crippen molar-refractivity contribution in [2.45, 2.75) is 39.3 Å². The van der Waals surface area contributed by atoms with Crippen LogP contribution in [-0.2, 0) is 0 Å². The number of rotatable bonds is 6. The van der Waals surface area contributed by atoms with E-state index < -0.39 is 0 Å². The van der Waals surface area contributed by atoms with E-state index in [2.05, 4.69) is 43.4 Å². The van der Waals surface area contributed by atoms with E-state index >= 15 is 0 Å². The van der Waals surface area contributed by atoms with Gasteiger partial charge in [-0.2, -0.15) is 0 Å². The molecule has 2 rings (SSSR count). The molecule has 2 unspecified atom stereocenters. The van der Waals surface area contributed by atoms with Gasteiger partial charge in [-0.25, -0.2) is 4.39 Å². The van der Waals surface area contributed by atoms with Gasteiger partial charge in [0.15, 0.2) is 0 Å². The number of halogens is 1. The highest BCUT2D eigenvalue weighted by Crippen LogP contribution is 2.26. The molecular formula is C19H24FN. The Morgan fingerprint density at radius 2 is 1.52 bits per heavy atom. The zero-order chi connectivity index (χ0) is 15.2. The molecule has 1 nitrogen and oxygen atoms in total. The van der Waals surface area contributed by atoms with E-state index in [1.165, 1.54) is 11.6 Å². The maximum atomic E-state index is 13.9. The van der Waals surface area contributed by atoms with Crippen molar-refractivity contribution in [2.75, 3.05) is 0 Å². The molecule has 2 heteroatoms. The zero-order valence-electron chi connectivity index (χ0n) is 13.0. The van der Waals surface area contributed by atoms with Gasteiger partial charge in [0.1, 0.15) is 5.82 Å². The Balaban J connectivity index is 2.17. The first-order valence-electron chi connectivity index (χ1n) is 7.63. The van der Waals surface area contributed by atoms with Crippen molar-refractivity contribution in [3.8, 4) is 0 Å². The molecule has 0 aliphatic rings. The lowest BCUT2D eigenvalue weighted by Gasteiger charge is -2.26. The summed E-state index contributed by atoms with van der Waals surface area (Å²) in [5.74, 6) is 0.435. The van der Waals surface area contributed by atoms with Crippen molar-refractivity contribution in [1.29, 1.82) is 0 Å². The van der Waals surface area contributed by atoms with Crippen LogP contribution in [0.25, 0.3) is 0 Å². The Labute approximate surface area is 127 Å². The van der Waals surface area contributed by atoms with Crippen LogP contribution in [-0.4, -0.2) is 0 Å². The Kier molecular flexibility index (Phi) is 5.51. The number of nitrogens with one attached hydrogen (secondary N) is 1. The van der Waals surface area contributed by atoms with Gasteiger partial charge < -0.3 is 5.32 Å². The standard InChI is InChI=1S/C19H24FN/c1-14(2)13-19(16-9-5-4-6-10-16)21-15(3)17-11-7-8-12-18(17)20/h4-12,14-15,19,21H,13H2,1-3H3. The van der Waals surface area contributed by atoms with Crippen molar-refractivity contribution in [2.24, 2.45) is 5.92 Å². The topological polar surface area (TPSA) is 12.0 Å². The summed E-state index contributed by atoms with van der Waals surface area (Å²) in [4.78, 5) is 0. The highest BCUT2D eigenvalue weighted by Gasteiger charge is 2.18. The summed E-state index contributed by atoms with van der Waals surface area (Å²) in [7, 11) is 0. The van der Waals surface area contributed by atoms with E-state index in [9.17, 15) is 4.39 Å². The molecule has 2 aromatic carbocycles. The third-order valence-electron chi connectivity index (χ3n) is 3.73. The molecule has 0 amide bonds. The van der Waals surface area contributed by atoms with E-state index in [0.29, 0.717) is 5.92 Å². The van der Waals surface area contributed by atoms with Crippen LogP contribution in [0.3, 0.4) is 0 Å². The molecule has 0 radical (unpaired) electrons. The van der Waals surface area contributed by atoms with Gasteiger partial charge in [-0.15, -0.1) is 0 Å². The van der Waals surface area contributed by atoms with Crippen molar-refractivity contribution in [3.63, 3.8) is 0 Å². The summed E-state index contributed by atoms with van der Waals surface area (Å²) in [6.45, 7) is 6.45. The molecule has 21 heavy (non-hydrogen) atoms. The summed E-state index contributed by atoms with van der Waals surface area (Å²) in [6, 6.07) is 17.6. The molecule has 0 heterocycles. The van der Waals surface area contributed by atoms with Gasteiger partial charge >= 0.3 is 0 Å². The quantitative estimate of drug-likeness (QED) is 0.763. The molecule has 2 atom stereocenters. The molecular weight excluding hydrogens is 261 g/mol. The average Bonchev–Trinajstić information content (AvgIpc) is 2.47. The highest BCUT2D eigenvalue weighted by molar-refractivity contribution is 5.23. The van der Waals surface area contributed by atoms with Crippen LogP contribution in [0.5, 0.6) is 0 Å². The Morgan fingerprint density at radius 3 is 2.14 bits per heavy atom. The van der Waals surface area contributed by atoms with E-state index in [4.69, 9.17) is 0 Å². The van der Waals surface area contributed by atoms with Gasteiger partial charge in [-0.1, -0.05) is 62.4 Å². The molecule has 0 aromatic heterocycles. The van der Waals surface area contributed by atoms with Gasteiger partial charge in [0.25, 0.3) is 0 Å². The van der Waals surface area contributed by atoms with Crippen molar-refractivity contribution in [3.05, 3.63) is 71.5 Å². The lowest BCUT2D eigenvalue weighted by atomic mass is 9.95. The second-order valence-electron chi connectivity index (χ2n) is 6.00. The summed E-state index contributed by atoms with van der Waals surface area (Å²) >= 11 is 0. The molecule has 112 valence electrons. The van der Waals surface area contributed by atoms with Gasteiger partial charge in [0, 0.05) is 17.6 Å². The average molecular weight is 285 g/mol. The van der Waals surface area contributed by atoms with Crippen LogP contribution < -0.4 is 5.32 Å². The molecule has 1 N–H and O–H groups in total. The van der Waals surface area contributed by atoms with E-state index in [1.54, 1.807) is 6.07 Å². The molecule has 0 aliphatic carbocycles. The van der Waals surface area contributed by atoms with Crippen LogP contribution in [0.1, 0.15) is 50.4 Å². The lowest BCUT2D eigenvalue weighted by Crippen LogP contribution is -2.26. The fraction of sp³-hybridized carbons (Fsp3) is 0.368. The Hall–Kier alpha value is -1.67. The van der Waals surface area contributed by atoms with Gasteiger partial charge in [0.2, 0.25) is 0 Å². The van der Waals surface area contributed by atoms with E-state index in [1.807, 2.05) is 25.1 Å². The summed E-state index contributed by atoms with van der Waals surface area (Å²) < 4.78 is 13.9. The van der Waals surface area contributed by atoms with Crippen LogP contribution in [0.2, 0.25) is 0 Å². The molecule has 0 spiro atoms. The van der Waals surface area contributed by atoms with Crippen molar-refractivity contribution < 1.29 is 4.39 Å². The number of hydrogen-bond donors (Lipinski definition) is 1. The second-order valence-corrected chi connectivity index (χ2v) is 6.00. The monoisotopic (exact) mass is 285 g/mol.